The Balaban J connectivity index is 1.37. The summed E-state index contributed by atoms with van der Waals surface area (Å²) >= 11 is 0. The number of rotatable bonds is 5. The van der Waals surface area contributed by atoms with Gasteiger partial charge < -0.3 is 24.6 Å². The van der Waals surface area contributed by atoms with Gasteiger partial charge in [0.1, 0.15) is 17.1 Å². The van der Waals surface area contributed by atoms with Crippen LogP contribution in [0.5, 0.6) is 0 Å². The molecule has 0 saturated heterocycles. The Bertz CT molecular complexity index is 1400. The minimum Gasteiger partial charge on any atom is -0.462 e. The Kier molecular flexibility index (Phi) is 5.24. The predicted octanol–water partition coefficient (Wildman–Crippen LogP) is 4.01. The van der Waals surface area contributed by atoms with Gasteiger partial charge in [-0.05, 0) is 63.3 Å². The summed E-state index contributed by atoms with van der Waals surface area (Å²) in [7, 11) is 0. The number of aromatic nitrogens is 3. The molecule has 9 nitrogen and oxygen atoms in total. The Hall–Kier alpha value is -3.88. The van der Waals surface area contributed by atoms with Crippen molar-refractivity contribution in [1.82, 2.24) is 15.0 Å². The van der Waals surface area contributed by atoms with Crippen LogP contribution in [0.2, 0.25) is 0 Å². The van der Waals surface area contributed by atoms with Gasteiger partial charge in [0.2, 0.25) is 5.71 Å². The molecular weight excluding hydrogens is 424 g/mol. The van der Waals surface area contributed by atoms with Gasteiger partial charge in [0.05, 0.1) is 17.6 Å². The van der Waals surface area contributed by atoms with Gasteiger partial charge in [-0.3, -0.25) is 0 Å². The van der Waals surface area contributed by atoms with E-state index in [2.05, 4.69) is 15.0 Å². The third kappa shape index (κ3) is 3.69. The predicted molar refractivity (Wildman–Crippen MR) is 121 cm³/mol. The maximum absolute atomic E-state index is 12.7. The molecule has 1 aromatic carbocycles. The van der Waals surface area contributed by atoms with E-state index in [1.54, 1.807) is 19.9 Å². The lowest BCUT2D eigenvalue weighted by atomic mass is 9.95. The van der Waals surface area contributed by atoms with Crippen LogP contribution in [0, 0.1) is 6.92 Å². The lowest BCUT2D eigenvalue weighted by Crippen LogP contribution is -2.10. The number of fused-ring (bicyclic) bond motifs is 4. The molecule has 3 aromatic heterocycles. The SMILES string of the molecule is CCOC(=O)c1c(C)oc2nc(COC(=O)c3ccc4[nH]c5c(c4c3)CCCC5)nc(N)c12. The number of ether oxygens (including phenoxy) is 2. The lowest BCUT2D eigenvalue weighted by molar-refractivity contribution is 0.0461. The summed E-state index contributed by atoms with van der Waals surface area (Å²) in [6.07, 6.45) is 4.38. The molecule has 9 heteroatoms. The summed E-state index contributed by atoms with van der Waals surface area (Å²) in [5, 5.41) is 1.36. The largest absolute Gasteiger partial charge is 0.462 e. The van der Waals surface area contributed by atoms with Gasteiger partial charge in [0.25, 0.3) is 0 Å². The fraction of sp³-hybridized carbons (Fsp3) is 0.333. The number of nitrogens with one attached hydrogen (secondary N) is 1. The number of nitrogens with two attached hydrogens (primary N) is 1. The van der Waals surface area contributed by atoms with Crippen LogP contribution in [0.15, 0.2) is 22.6 Å². The van der Waals surface area contributed by atoms with Gasteiger partial charge in [-0.2, -0.15) is 4.98 Å². The Morgan fingerprint density at radius 1 is 1.15 bits per heavy atom. The van der Waals surface area contributed by atoms with E-state index in [-0.39, 0.29) is 36.1 Å². The zero-order valence-electron chi connectivity index (χ0n) is 18.5. The van der Waals surface area contributed by atoms with E-state index >= 15 is 0 Å². The lowest BCUT2D eigenvalue weighted by Gasteiger charge is -2.10. The molecule has 0 spiro atoms. The fourth-order valence-corrected chi connectivity index (χ4v) is 4.44. The standard InChI is InChI=1S/C24H24N4O5/c1-3-31-24(30)19-12(2)33-22-20(19)21(25)27-18(28-22)11-32-23(29)13-8-9-17-15(10-13)14-6-4-5-7-16(14)26-17/h8-10,26H,3-7,11H2,1-2H3,(H2,25,27,28). The molecule has 3 N–H and O–H groups in total. The second kappa shape index (κ2) is 8.23. The Morgan fingerprint density at radius 2 is 1.97 bits per heavy atom. The van der Waals surface area contributed by atoms with E-state index < -0.39 is 11.9 Å². The van der Waals surface area contributed by atoms with Gasteiger partial charge in [-0.25, -0.2) is 14.6 Å². The quantitative estimate of drug-likeness (QED) is 0.438. The number of H-pyrrole nitrogens is 1. The molecule has 170 valence electrons. The highest BCUT2D eigenvalue weighted by atomic mass is 16.5. The molecule has 0 bridgehead atoms. The second-order valence-electron chi connectivity index (χ2n) is 8.08. The number of carbonyl (C=O) groups excluding carboxylic acids is 2. The van der Waals surface area contributed by atoms with Crippen molar-refractivity contribution in [2.75, 3.05) is 12.3 Å². The summed E-state index contributed by atoms with van der Waals surface area (Å²) in [5.74, 6) is -0.455. The number of anilines is 1. The molecule has 0 atom stereocenters. The Morgan fingerprint density at radius 3 is 2.79 bits per heavy atom. The first-order chi connectivity index (χ1) is 16.0. The maximum atomic E-state index is 12.7. The van der Waals surface area contributed by atoms with Crippen LogP contribution >= 0.6 is 0 Å². The van der Waals surface area contributed by atoms with Gasteiger partial charge in [0.15, 0.2) is 12.4 Å². The smallest absolute Gasteiger partial charge is 0.342 e. The average molecular weight is 448 g/mol. The monoisotopic (exact) mass is 448 g/mol. The van der Waals surface area contributed by atoms with Crippen molar-refractivity contribution < 1.29 is 23.5 Å². The van der Waals surface area contributed by atoms with Crippen molar-refractivity contribution in [3.63, 3.8) is 0 Å². The fourth-order valence-electron chi connectivity index (χ4n) is 4.44. The second-order valence-corrected chi connectivity index (χ2v) is 8.08. The van der Waals surface area contributed by atoms with Crippen molar-refractivity contribution in [2.45, 2.75) is 46.1 Å². The zero-order valence-corrected chi connectivity index (χ0v) is 18.5. The van der Waals surface area contributed by atoms with E-state index in [0.29, 0.717) is 16.7 Å². The summed E-state index contributed by atoms with van der Waals surface area (Å²) in [4.78, 5) is 36.9. The van der Waals surface area contributed by atoms with Crippen LogP contribution in [-0.2, 0) is 28.9 Å². The van der Waals surface area contributed by atoms with Gasteiger partial charge >= 0.3 is 11.9 Å². The number of aromatic amines is 1. The first kappa shape index (κ1) is 21.0. The van der Waals surface area contributed by atoms with Crippen LogP contribution in [0.4, 0.5) is 5.82 Å². The Labute approximate surface area is 189 Å². The summed E-state index contributed by atoms with van der Waals surface area (Å²) in [6.45, 7) is 3.38. The first-order valence-electron chi connectivity index (χ1n) is 11.0. The van der Waals surface area contributed by atoms with Crippen molar-refractivity contribution in [3.05, 3.63) is 52.2 Å². The molecule has 1 aliphatic carbocycles. The molecule has 0 unspecified atom stereocenters. The highest BCUT2D eigenvalue weighted by molar-refractivity contribution is 6.07. The minimum atomic E-state index is -0.550. The van der Waals surface area contributed by atoms with E-state index in [9.17, 15) is 9.59 Å². The summed E-state index contributed by atoms with van der Waals surface area (Å²) in [6, 6.07) is 5.53. The molecule has 4 aromatic rings. The van der Waals surface area contributed by atoms with Crippen molar-refractivity contribution in [2.24, 2.45) is 0 Å². The number of aryl methyl sites for hydroxylation is 3. The van der Waals surface area contributed by atoms with E-state index in [1.807, 2.05) is 12.1 Å². The molecule has 33 heavy (non-hydrogen) atoms. The maximum Gasteiger partial charge on any atom is 0.342 e. The molecule has 5 rings (SSSR count). The number of nitrogen functional groups attached to an aromatic ring is 1. The van der Waals surface area contributed by atoms with Crippen LogP contribution in [0.1, 0.15) is 63.3 Å². The number of esters is 2. The normalized spacial score (nSPS) is 13.3. The highest BCUT2D eigenvalue weighted by Gasteiger charge is 2.24. The molecule has 0 amide bonds. The number of hydrogen-bond donors (Lipinski definition) is 2. The van der Waals surface area contributed by atoms with Gasteiger partial charge in [0, 0.05) is 16.6 Å². The number of carbonyl (C=O) groups is 2. The van der Waals surface area contributed by atoms with Gasteiger partial charge in [-0.1, -0.05) is 0 Å². The molecule has 0 fully saturated rings. The number of benzene rings is 1. The summed E-state index contributed by atoms with van der Waals surface area (Å²) in [5.41, 5.74) is 10.5. The number of furan rings is 1. The first-order valence-corrected chi connectivity index (χ1v) is 11.0. The number of nitrogens with zero attached hydrogens (tertiary/aromatic N) is 2. The topological polar surface area (TPSA) is 133 Å². The van der Waals surface area contributed by atoms with Crippen LogP contribution in [-0.4, -0.2) is 33.5 Å². The molecule has 0 radical (unpaired) electrons. The molecular formula is C24H24N4O5. The van der Waals surface area contributed by atoms with Crippen LogP contribution in [0.3, 0.4) is 0 Å². The van der Waals surface area contributed by atoms with Gasteiger partial charge in [-0.15, -0.1) is 0 Å². The molecule has 1 aliphatic rings. The van der Waals surface area contributed by atoms with E-state index in [4.69, 9.17) is 19.6 Å². The molecule has 0 aliphatic heterocycles. The number of hydrogen-bond acceptors (Lipinski definition) is 8. The third-order valence-corrected chi connectivity index (χ3v) is 5.95. The molecule has 3 heterocycles. The van der Waals surface area contributed by atoms with Crippen molar-refractivity contribution >= 4 is 39.8 Å². The summed E-state index contributed by atoms with van der Waals surface area (Å²) < 4.78 is 16.1. The van der Waals surface area contributed by atoms with E-state index in [0.717, 1.165) is 30.2 Å². The third-order valence-electron chi connectivity index (χ3n) is 5.95. The van der Waals surface area contributed by atoms with Crippen LogP contribution < -0.4 is 5.73 Å². The van der Waals surface area contributed by atoms with Crippen molar-refractivity contribution in [1.29, 1.82) is 0 Å². The van der Waals surface area contributed by atoms with E-state index in [1.165, 1.54) is 17.7 Å². The van der Waals surface area contributed by atoms with Crippen molar-refractivity contribution in [3.8, 4) is 0 Å². The molecule has 0 saturated carbocycles. The zero-order chi connectivity index (χ0) is 23.1. The van der Waals surface area contributed by atoms with Crippen LogP contribution in [0.25, 0.3) is 22.0 Å². The minimum absolute atomic E-state index is 0.0614. The highest BCUT2D eigenvalue weighted by Crippen LogP contribution is 2.31. The average Bonchev–Trinajstić information content (AvgIpc) is 3.34.